The molecule has 98 valence electrons. The maximum atomic E-state index is 5.79. The third-order valence-corrected chi connectivity index (χ3v) is 4.30. The molecule has 2 N–H and O–H groups in total. The van der Waals surface area contributed by atoms with E-state index in [4.69, 9.17) is 5.73 Å². The van der Waals surface area contributed by atoms with Gasteiger partial charge < -0.3 is 10.3 Å². The number of benzene rings is 1. The highest BCUT2D eigenvalue weighted by Crippen LogP contribution is 2.40. The Bertz CT molecular complexity index is 587. The number of nitrogens with two attached hydrogens (primary N) is 1. The highest BCUT2D eigenvalue weighted by Gasteiger charge is 2.34. The second-order valence-electron chi connectivity index (χ2n) is 5.65. The lowest BCUT2D eigenvalue weighted by Gasteiger charge is -2.12. The molecule has 0 bridgehead atoms. The van der Waals surface area contributed by atoms with E-state index >= 15 is 0 Å². The van der Waals surface area contributed by atoms with E-state index in [0.717, 1.165) is 24.5 Å². The molecule has 2 aliphatic rings. The summed E-state index contributed by atoms with van der Waals surface area (Å²) in [6.45, 7) is 0.489. The third-order valence-electron chi connectivity index (χ3n) is 4.30. The molecule has 1 aromatic heterocycles. The number of nitrogens with zero attached hydrogens (tertiary/aromatic N) is 3. The molecule has 0 saturated heterocycles. The Kier molecular flexibility index (Phi) is 2.45. The standard InChI is InChI=1S/C15H18N4/c16-9-14-17-18-15(19(14)13-5-6-13)12-7-10-3-1-2-4-11(10)8-12/h1-4,12-13H,5-9,16H2. The molecule has 0 radical (unpaired) electrons. The number of rotatable bonds is 3. The van der Waals surface area contributed by atoms with Crippen molar-refractivity contribution in [2.45, 2.75) is 44.2 Å². The average Bonchev–Trinajstić information content (AvgIpc) is 3.04. The van der Waals surface area contributed by atoms with Gasteiger partial charge in [0.05, 0.1) is 6.54 Å². The van der Waals surface area contributed by atoms with Gasteiger partial charge in [-0.05, 0) is 36.8 Å². The van der Waals surface area contributed by atoms with Gasteiger partial charge in [0.25, 0.3) is 0 Å². The van der Waals surface area contributed by atoms with Crippen molar-refractivity contribution in [1.82, 2.24) is 14.8 Å². The monoisotopic (exact) mass is 254 g/mol. The Hall–Kier alpha value is -1.68. The summed E-state index contributed by atoms with van der Waals surface area (Å²) >= 11 is 0. The summed E-state index contributed by atoms with van der Waals surface area (Å²) in [5.41, 5.74) is 8.72. The van der Waals surface area contributed by atoms with Gasteiger partial charge in [-0.2, -0.15) is 0 Å². The molecule has 1 heterocycles. The molecular weight excluding hydrogens is 236 g/mol. The van der Waals surface area contributed by atoms with Crippen molar-refractivity contribution in [3.8, 4) is 0 Å². The lowest BCUT2D eigenvalue weighted by atomic mass is 10.1. The van der Waals surface area contributed by atoms with Crippen molar-refractivity contribution in [2.75, 3.05) is 0 Å². The molecule has 1 saturated carbocycles. The van der Waals surface area contributed by atoms with Gasteiger partial charge in [-0.1, -0.05) is 24.3 Å². The molecule has 2 aliphatic carbocycles. The molecule has 19 heavy (non-hydrogen) atoms. The largest absolute Gasteiger partial charge is 0.324 e. The molecule has 0 aliphatic heterocycles. The highest BCUT2D eigenvalue weighted by atomic mass is 15.3. The van der Waals surface area contributed by atoms with Gasteiger partial charge in [-0.3, -0.25) is 0 Å². The van der Waals surface area contributed by atoms with Crippen LogP contribution < -0.4 is 5.73 Å². The van der Waals surface area contributed by atoms with Crippen molar-refractivity contribution in [2.24, 2.45) is 5.73 Å². The maximum absolute atomic E-state index is 5.79. The van der Waals surface area contributed by atoms with Gasteiger partial charge in [0.2, 0.25) is 0 Å². The Morgan fingerprint density at radius 2 is 1.79 bits per heavy atom. The topological polar surface area (TPSA) is 56.7 Å². The van der Waals surface area contributed by atoms with Crippen LogP contribution in [0.2, 0.25) is 0 Å². The quantitative estimate of drug-likeness (QED) is 0.911. The predicted molar refractivity (Wildman–Crippen MR) is 72.8 cm³/mol. The number of aromatic nitrogens is 3. The predicted octanol–water partition coefficient (Wildman–Crippen LogP) is 1.95. The first-order chi connectivity index (χ1) is 9.36. The van der Waals surface area contributed by atoms with E-state index in [-0.39, 0.29) is 0 Å². The number of fused-ring (bicyclic) bond motifs is 1. The van der Waals surface area contributed by atoms with E-state index in [2.05, 4.69) is 39.0 Å². The normalized spacial score (nSPS) is 18.8. The molecule has 1 fully saturated rings. The molecule has 0 unspecified atom stereocenters. The highest BCUT2D eigenvalue weighted by molar-refractivity contribution is 5.35. The molecule has 4 heteroatoms. The lowest BCUT2D eigenvalue weighted by Crippen LogP contribution is -2.13. The van der Waals surface area contributed by atoms with Crippen molar-refractivity contribution >= 4 is 0 Å². The minimum absolute atomic E-state index is 0.478. The SMILES string of the molecule is NCc1nnc(C2Cc3ccccc3C2)n1C1CC1. The summed E-state index contributed by atoms with van der Waals surface area (Å²) < 4.78 is 2.32. The van der Waals surface area contributed by atoms with E-state index in [1.165, 1.54) is 24.0 Å². The Balaban J connectivity index is 1.70. The van der Waals surface area contributed by atoms with Gasteiger partial charge >= 0.3 is 0 Å². The summed E-state index contributed by atoms with van der Waals surface area (Å²) in [7, 11) is 0. The molecule has 0 amide bonds. The van der Waals surface area contributed by atoms with Gasteiger partial charge in [0.1, 0.15) is 11.6 Å². The zero-order chi connectivity index (χ0) is 12.8. The summed E-state index contributed by atoms with van der Waals surface area (Å²) in [4.78, 5) is 0. The maximum Gasteiger partial charge on any atom is 0.147 e. The van der Waals surface area contributed by atoms with Crippen LogP contribution >= 0.6 is 0 Å². The summed E-state index contributed by atoms with van der Waals surface area (Å²) in [6.07, 6.45) is 4.67. The summed E-state index contributed by atoms with van der Waals surface area (Å²) in [6, 6.07) is 9.32. The Morgan fingerprint density at radius 3 is 2.37 bits per heavy atom. The molecule has 0 atom stereocenters. The average molecular weight is 254 g/mol. The fourth-order valence-corrected chi connectivity index (χ4v) is 3.23. The van der Waals surface area contributed by atoms with E-state index < -0.39 is 0 Å². The lowest BCUT2D eigenvalue weighted by molar-refractivity contribution is 0.583. The minimum Gasteiger partial charge on any atom is -0.324 e. The van der Waals surface area contributed by atoms with E-state index in [9.17, 15) is 0 Å². The summed E-state index contributed by atoms with van der Waals surface area (Å²) in [5, 5.41) is 8.74. The molecule has 2 aromatic rings. The van der Waals surface area contributed by atoms with Crippen LogP contribution in [0, 0.1) is 0 Å². The van der Waals surface area contributed by atoms with Crippen molar-refractivity contribution in [1.29, 1.82) is 0 Å². The van der Waals surface area contributed by atoms with E-state index in [0.29, 0.717) is 18.5 Å². The fraction of sp³-hybridized carbons (Fsp3) is 0.467. The molecule has 4 nitrogen and oxygen atoms in total. The number of hydrogen-bond acceptors (Lipinski definition) is 3. The minimum atomic E-state index is 0.478. The van der Waals surface area contributed by atoms with Crippen LogP contribution in [-0.2, 0) is 19.4 Å². The van der Waals surface area contributed by atoms with Gasteiger partial charge in [-0.25, -0.2) is 0 Å². The molecule has 0 spiro atoms. The molecular formula is C15H18N4. The van der Waals surface area contributed by atoms with Crippen LogP contribution in [0.15, 0.2) is 24.3 Å². The first-order valence-electron chi connectivity index (χ1n) is 7.07. The summed E-state index contributed by atoms with van der Waals surface area (Å²) in [5.74, 6) is 2.58. The van der Waals surface area contributed by atoms with Crippen LogP contribution in [0.25, 0.3) is 0 Å². The zero-order valence-electron chi connectivity index (χ0n) is 10.9. The van der Waals surface area contributed by atoms with Crippen LogP contribution in [0.1, 0.15) is 47.6 Å². The Labute approximate surface area is 112 Å². The zero-order valence-corrected chi connectivity index (χ0v) is 10.9. The second-order valence-corrected chi connectivity index (χ2v) is 5.65. The molecule has 4 rings (SSSR count). The van der Waals surface area contributed by atoms with Crippen molar-refractivity contribution in [3.63, 3.8) is 0 Å². The Morgan fingerprint density at radius 1 is 1.11 bits per heavy atom. The van der Waals surface area contributed by atoms with Crippen molar-refractivity contribution < 1.29 is 0 Å². The second kappa shape index (κ2) is 4.17. The van der Waals surface area contributed by atoms with Crippen LogP contribution in [0.3, 0.4) is 0 Å². The first-order valence-corrected chi connectivity index (χ1v) is 7.07. The van der Waals surface area contributed by atoms with Gasteiger partial charge in [0.15, 0.2) is 0 Å². The first kappa shape index (κ1) is 11.2. The smallest absolute Gasteiger partial charge is 0.147 e. The fourth-order valence-electron chi connectivity index (χ4n) is 3.23. The van der Waals surface area contributed by atoms with Gasteiger partial charge in [-0.15, -0.1) is 10.2 Å². The molecule has 1 aromatic carbocycles. The number of hydrogen-bond donors (Lipinski definition) is 1. The van der Waals surface area contributed by atoms with Crippen LogP contribution in [0.5, 0.6) is 0 Å². The van der Waals surface area contributed by atoms with E-state index in [1.54, 1.807) is 0 Å². The van der Waals surface area contributed by atoms with E-state index in [1.807, 2.05) is 0 Å². The van der Waals surface area contributed by atoms with Gasteiger partial charge in [0, 0.05) is 12.0 Å². The van der Waals surface area contributed by atoms with Crippen molar-refractivity contribution in [3.05, 3.63) is 47.0 Å². The van der Waals surface area contributed by atoms with Crippen LogP contribution in [-0.4, -0.2) is 14.8 Å². The third kappa shape index (κ3) is 1.78. The van der Waals surface area contributed by atoms with Crippen LogP contribution in [0.4, 0.5) is 0 Å².